The zero-order chi connectivity index (χ0) is 13.7. The van der Waals surface area contributed by atoms with Crippen LogP contribution in [0, 0.1) is 5.82 Å². The van der Waals surface area contributed by atoms with Gasteiger partial charge in [-0.15, -0.1) is 0 Å². The smallest absolute Gasteiger partial charge is 0.251 e. The van der Waals surface area contributed by atoms with Crippen LogP contribution >= 0.6 is 0 Å². The molecule has 2 N–H and O–H groups in total. The Morgan fingerprint density at radius 1 is 1.00 bits per heavy atom. The van der Waals surface area contributed by atoms with E-state index in [4.69, 9.17) is 5.11 Å². The molecule has 98 valence electrons. The Balaban J connectivity index is 1.95. The molecule has 0 aromatic heterocycles. The Morgan fingerprint density at radius 3 is 2.16 bits per heavy atom. The second-order valence-corrected chi connectivity index (χ2v) is 4.16. The second-order valence-electron chi connectivity index (χ2n) is 4.16. The quantitative estimate of drug-likeness (QED) is 0.884. The van der Waals surface area contributed by atoms with E-state index in [-0.39, 0.29) is 18.3 Å². The van der Waals surface area contributed by atoms with Crippen LogP contribution in [0.4, 0.5) is 4.39 Å². The van der Waals surface area contributed by atoms with E-state index >= 15 is 0 Å². The highest BCUT2D eigenvalue weighted by molar-refractivity contribution is 5.94. The van der Waals surface area contributed by atoms with Crippen molar-refractivity contribution < 1.29 is 14.3 Å². The van der Waals surface area contributed by atoms with Crippen LogP contribution in [0.25, 0.3) is 0 Å². The summed E-state index contributed by atoms with van der Waals surface area (Å²) in [6.45, 7) is 0.304. The molecule has 2 rings (SSSR count). The standard InChI is InChI=1S/C15H14FNO2/c16-14-7-3-11(4-8-14)9-17-15(19)13-5-1-12(10-18)2-6-13/h1-8,18H,9-10H2,(H,17,19). The summed E-state index contributed by atoms with van der Waals surface area (Å²) in [5, 5.41) is 11.7. The van der Waals surface area contributed by atoms with Crippen LogP contribution in [0.1, 0.15) is 21.5 Å². The molecule has 0 aliphatic heterocycles. The molecular weight excluding hydrogens is 245 g/mol. The summed E-state index contributed by atoms with van der Waals surface area (Å²) in [6, 6.07) is 12.7. The number of halogens is 1. The Kier molecular flexibility index (Phi) is 4.26. The third-order valence-electron chi connectivity index (χ3n) is 2.77. The number of rotatable bonds is 4. The van der Waals surface area contributed by atoms with Crippen LogP contribution in [0.5, 0.6) is 0 Å². The number of hydrogen-bond donors (Lipinski definition) is 2. The van der Waals surface area contributed by atoms with Gasteiger partial charge in [0.15, 0.2) is 0 Å². The third kappa shape index (κ3) is 3.63. The van der Waals surface area contributed by atoms with Gasteiger partial charge in [-0.3, -0.25) is 4.79 Å². The third-order valence-corrected chi connectivity index (χ3v) is 2.77. The number of nitrogens with one attached hydrogen (secondary N) is 1. The molecule has 0 heterocycles. The molecule has 4 heteroatoms. The summed E-state index contributed by atoms with van der Waals surface area (Å²) >= 11 is 0. The van der Waals surface area contributed by atoms with Crippen molar-refractivity contribution >= 4 is 5.91 Å². The Labute approximate surface area is 110 Å². The predicted molar refractivity (Wildman–Crippen MR) is 69.9 cm³/mol. The number of hydrogen-bond acceptors (Lipinski definition) is 2. The van der Waals surface area contributed by atoms with Crippen LogP contribution in [0.2, 0.25) is 0 Å². The zero-order valence-electron chi connectivity index (χ0n) is 10.3. The SMILES string of the molecule is O=C(NCc1ccc(F)cc1)c1ccc(CO)cc1. The number of aliphatic hydroxyl groups is 1. The summed E-state index contributed by atoms with van der Waals surface area (Å²) in [4.78, 5) is 11.8. The molecule has 2 aromatic carbocycles. The maximum absolute atomic E-state index is 12.7. The average molecular weight is 259 g/mol. The summed E-state index contributed by atoms with van der Waals surface area (Å²) < 4.78 is 12.7. The van der Waals surface area contributed by atoms with Crippen LogP contribution in [0.15, 0.2) is 48.5 Å². The van der Waals surface area contributed by atoms with E-state index in [0.717, 1.165) is 11.1 Å². The highest BCUT2D eigenvalue weighted by Crippen LogP contribution is 2.06. The van der Waals surface area contributed by atoms with E-state index in [1.165, 1.54) is 12.1 Å². The van der Waals surface area contributed by atoms with Gasteiger partial charge in [0.05, 0.1) is 6.61 Å². The lowest BCUT2D eigenvalue weighted by Crippen LogP contribution is -2.22. The number of amides is 1. The van der Waals surface area contributed by atoms with Crippen molar-refractivity contribution in [2.24, 2.45) is 0 Å². The molecule has 0 aliphatic carbocycles. The van der Waals surface area contributed by atoms with E-state index in [1.807, 2.05) is 0 Å². The van der Waals surface area contributed by atoms with Crippen molar-refractivity contribution in [2.45, 2.75) is 13.2 Å². The topological polar surface area (TPSA) is 49.3 Å². The average Bonchev–Trinajstić information content (AvgIpc) is 2.46. The number of carbonyl (C=O) groups is 1. The van der Waals surface area contributed by atoms with Crippen LogP contribution in [0.3, 0.4) is 0 Å². The summed E-state index contributed by atoms with van der Waals surface area (Å²) in [6.07, 6.45) is 0. The fourth-order valence-corrected chi connectivity index (χ4v) is 1.65. The van der Waals surface area contributed by atoms with Crippen molar-refractivity contribution in [3.63, 3.8) is 0 Å². The van der Waals surface area contributed by atoms with Gasteiger partial charge in [0, 0.05) is 12.1 Å². The van der Waals surface area contributed by atoms with E-state index in [0.29, 0.717) is 12.1 Å². The zero-order valence-corrected chi connectivity index (χ0v) is 10.3. The van der Waals surface area contributed by atoms with Gasteiger partial charge < -0.3 is 10.4 Å². The number of aliphatic hydroxyl groups excluding tert-OH is 1. The molecule has 19 heavy (non-hydrogen) atoms. The lowest BCUT2D eigenvalue weighted by Gasteiger charge is -2.06. The maximum atomic E-state index is 12.7. The molecule has 3 nitrogen and oxygen atoms in total. The van der Waals surface area contributed by atoms with E-state index in [2.05, 4.69) is 5.32 Å². The first kappa shape index (κ1) is 13.2. The molecule has 0 bridgehead atoms. The van der Waals surface area contributed by atoms with Crippen molar-refractivity contribution in [1.82, 2.24) is 5.32 Å². The van der Waals surface area contributed by atoms with Gasteiger partial charge in [-0.25, -0.2) is 4.39 Å². The Hall–Kier alpha value is -2.20. The predicted octanol–water partition coefficient (Wildman–Crippen LogP) is 2.25. The molecule has 0 aliphatic rings. The first-order valence-corrected chi connectivity index (χ1v) is 5.91. The van der Waals surface area contributed by atoms with Gasteiger partial charge in [0.1, 0.15) is 5.82 Å². The second kappa shape index (κ2) is 6.11. The first-order valence-electron chi connectivity index (χ1n) is 5.91. The van der Waals surface area contributed by atoms with Crippen molar-refractivity contribution in [3.8, 4) is 0 Å². The molecule has 0 unspecified atom stereocenters. The molecule has 0 spiro atoms. The highest BCUT2D eigenvalue weighted by Gasteiger charge is 2.05. The lowest BCUT2D eigenvalue weighted by molar-refractivity contribution is 0.0951. The molecule has 0 saturated carbocycles. The molecular formula is C15H14FNO2. The summed E-state index contributed by atoms with van der Waals surface area (Å²) in [5.41, 5.74) is 2.12. The number of carbonyl (C=O) groups excluding carboxylic acids is 1. The van der Waals surface area contributed by atoms with Crippen molar-refractivity contribution in [3.05, 3.63) is 71.0 Å². The Morgan fingerprint density at radius 2 is 1.58 bits per heavy atom. The van der Waals surface area contributed by atoms with Crippen LogP contribution in [-0.4, -0.2) is 11.0 Å². The maximum Gasteiger partial charge on any atom is 0.251 e. The molecule has 0 saturated heterocycles. The number of benzene rings is 2. The summed E-state index contributed by atoms with van der Waals surface area (Å²) in [7, 11) is 0. The highest BCUT2D eigenvalue weighted by atomic mass is 19.1. The minimum Gasteiger partial charge on any atom is -0.392 e. The van der Waals surface area contributed by atoms with E-state index in [1.54, 1.807) is 36.4 Å². The van der Waals surface area contributed by atoms with Gasteiger partial charge in [0.2, 0.25) is 0 Å². The van der Waals surface area contributed by atoms with Gasteiger partial charge in [-0.1, -0.05) is 24.3 Å². The molecule has 1 amide bonds. The Bertz CT molecular complexity index is 549. The normalized spacial score (nSPS) is 10.2. The largest absolute Gasteiger partial charge is 0.392 e. The van der Waals surface area contributed by atoms with Gasteiger partial charge in [0.25, 0.3) is 5.91 Å². The molecule has 0 fully saturated rings. The van der Waals surface area contributed by atoms with E-state index in [9.17, 15) is 9.18 Å². The van der Waals surface area contributed by atoms with Crippen LogP contribution in [-0.2, 0) is 13.2 Å². The fraction of sp³-hybridized carbons (Fsp3) is 0.133. The monoisotopic (exact) mass is 259 g/mol. The fourth-order valence-electron chi connectivity index (χ4n) is 1.65. The van der Waals surface area contributed by atoms with E-state index < -0.39 is 0 Å². The first-order chi connectivity index (χ1) is 9.19. The minimum atomic E-state index is -0.297. The van der Waals surface area contributed by atoms with Gasteiger partial charge in [-0.2, -0.15) is 0 Å². The minimum absolute atomic E-state index is 0.0442. The van der Waals surface area contributed by atoms with Gasteiger partial charge in [-0.05, 0) is 35.4 Å². The molecule has 0 atom stereocenters. The van der Waals surface area contributed by atoms with Crippen LogP contribution < -0.4 is 5.32 Å². The van der Waals surface area contributed by atoms with Gasteiger partial charge >= 0.3 is 0 Å². The summed E-state index contributed by atoms with van der Waals surface area (Å²) in [5.74, 6) is -0.497. The lowest BCUT2D eigenvalue weighted by atomic mass is 10.1. The van der Waals surface area contributed by atoms with Crippen molar-refractivity contribution in [1.29, 1.82) is 0 Å². The van der Waals surface area contributed by atoms with Crippen molar-refractivity contribution in [2.75, 3.05) is 0 Å². The molecule has 0 radical (unpaired) electrons. The molecule has 2 aromatic rings.